The number of hydrogen-bond donors (Lipinski definition) is 1. The van der Waals surface area contributed by atoms with E-state index in [1.165, 1.54) is 6.20 Å². The van der Waals surface area contributed by atoms with Crippen LogP contribution in [0.5, 0.6) is 0 Å². The molecule has 0 unspecified atom stereocenters. The number of nitrogens with zero attached hydrogens (tertiary/aromatic N) is 2. The van der Waals surface area contributed by atoms with E-state index in [9.17, 15) is 0 Å². The van der Waals surface area contributed by atoms with E-state index in [1.807, 2.05) is 6.92 Å². The second-order valence-corrected chi connectivity index (χ2v) is 2.23. The van der Waals surface area contributed by atoms with E-state index in [4.69, 9.17) is 9.85 Å². The minimum Gasteiger partial charge on any atom is -0.396 e. The predicted molar refractivity (Wildman–Crippen MR) is 41.6 cm³/mol. The Bertz CT molecular complexity index is 290. The summed E-state index contributed by atoms with van der Waals surface area (Å²) >= 11 is 0. The van der Waals surface area contributed by atoms with Crippen LogP contribution in [0.15, 0.2) is 6.20 Å². The Kier molecular flexibility index (Phi) is 1.09. The first-order chi connectivity index (χ1) is 5.95. The van der Waals surface area contributed by atoms with Gasteiger partial charge >= 0.3 is 0 Å². The quantitative estimate of drug-likeness (QED) is 0.668. The van der Waals surface area contributed by atoms with Crippen LogP contribution in [0.2, 0.25) is 0 Å². The van der Waals surface area contributed by atoms with Gasteiger partial charge in [-0.2, -0.15) is 5.10 Å². The Morgan fingerprint density at radius 1 is 1.90 bits per heavy atom. The summed E-state index contributed by atoms with van der Waals surface area (Å²) in [5, 5.41) is 3.90. The molecule has 10 heavy (non-hydrogen) atoms. The number of aryl methyl sites for hydroxylation is 2. The number of anilines is 1. The highest BCUT2D eigenvalue weighted by Gasteiger charge is 2.00. The van der Waals surface area contributed by atoms with E-state index in [0.717, 1.165) is 17.5 Å². The third-order valence-corrected chi connectivity index (χ3v) is 1.31. The third-order valence-electron chi connectivity index (χ3n) is 1.31. The van der Waals surface area contributed by atoms with E-state index in [2.05, 4.69) is 5.10 Å². The zero-order valence-electron chi connectivity index (χ0n) is 8.96. The lowest BCUT2D eigenvalue weighted by Crippen LogP contribution is -1.92. The van der Waals surface area contributed by atoms with Gasteiger partial charge in [0.05, 0.1) is 11.4 Å². The molecular formula is C7H13N3. The molecule has 3 nitrogen and oxygen atoms in total. The SMILES string of the molecule is [2H]C([2H])([2H])n1cc(N)c(CCC)n1. The van der Waals surface area contributed by atoms with Crippen molar-refractivity contribution in [2.24, 2.45) is 6.98 Å². The molecule has 0 amide bonds. The van der Waals surface area contributed by atoms with Crippen LogP contribution in [0.3, 0.4) is 0 Å². The van der Waals surface area contributed by atoms with Crippen molar-refractivity contribution in [1.29, 1.82) is 0 Å². The minimum atomic E-state index is -2.22. The van der Waals surface area contributed by atoms with E-state index in [1.54, 1.807) is 0 Å². The molecule has 56 valence electrons. The van der Waals surface area contributed by atoms with E-state index < -0.39 is 6.98 Å². The second kappa shape index (κ2) is 2.73. The maximum Gasteiger partial charge on any atom is 0.0853 e. The zero-order chi connectivity index (χ0) is 10.1. The summed E-state index contributed by atoms with van der Waals surface area (Å²) in [7, 11) is 0. The first-order valence-corrected chi connectivity index (χ1v) is 3.29. The molecule has 0 radical (unpaired) electrons. The molecule has 0 bridgehead atoms. The molecule has 1 aromatic rings. The average molecular weight is 142 g/mol. The molecule has 1 rings (SSSR count). The Hall–Kier alpha value is -0.990. The summed E-state index contributed by atoms with van der Waals surface area (Å²) in [5.41, 5.74) is 6.71. The topological polar surface area (TPSA) is 43.8 Å². The van der Waals surface area contributed by atoms with Gasteiger partial charge in [-0.15, -0.1) is 0 Å². The van der Waals surface area contributed by atoms with Gasteiger partial charge in [-0.25, -0.2) is 0 Å². The fourth-order valence-corrected chi connectivity index (χ4v) is 0.854. The summed E-state index contributed by atoms with van der Waals surface area (Å²) in [4.78, 5) is 0. The fourth-order valence-electron chi connectivity index (χ4n) is 0.854. The van der Waals surface area contributed by atoms with Gasteiger partial charge < -0.3 is 5.73 Å². The van der Waals surface area contributed by atoms with Crippen LogP contribution in [0.25, 0.3) is 0 Å². The normalized spacial score (nSPS) is 15.9. The summed E-state index contributed by atoms with van der Waals surface area (Å²) in [5.74, 6) is 0. The van der Waals surface area contributed by atoms with Gasteiger partial charge in [0, 0.05) is 17.3 Å². The van der Waals surface area contributed by atoms with Crippen molar-refractivity contribution in [3.05, 3.63) is 11.9 Å². The Morgan fingerprint density at radius 3 is 3.20 bits per heavy atom. The molecule has 0 saturated carbocycles. The molecular weight excluding hydrogens is 126 g/mol. The molecule has 2 N–H and O–H groups in total. The van der Waals surface area contributed by atoms with Crippen LogP contribution in [0.4, 0.5) is 5.69 Å². The van der Waals surface area contributed by atoms with E-state index in [-0.39, 0.29) is 0 Å². The van der Waals surface area contributed by atoms with Crippen LogP contribution in [0.1, 0.15) is 23.2 Å². The minimum absolute atomic E-state index is 0.456. The monoisotopic (exact) mass is 142 g/mol. The highest BCUT2D eigenvalue weighted by Crippen LogP contribution is 2.09. The fraction of sp³-hybridized carbons (Fsp3) is 0.571. The molecule has 1 heterocycles. The van der Waals surface area contributed by atoms with Crippen molar-refractivity contribution < 1.29 is 4.11 Å². The van der Waals surface area contributed by atoms with Crippen LogP contribution in [-0.4, -0.2) is 9.78 Å². The molecule has 0 spiro atoms. The van der Waals surface area contributed by atoms with Gasteiger partial charge in [-0.05, 0) is 6.42 Å². The predicted octanol–water partition coefficient (Wildman–Crippen LogP) is 0.955. The van der Waals surface area contributed by atoms with Gasteiger partial charge in [-0.3, -0.25) is 4.68 Å². The maximum atomic E-state index is 7.09. The number of hydrogen-bond acceptors (Lipinski definition) is 2. The van der Waals surface area contributed by atoms with E-state index >= 15 is 0 Å². The molecule has 0 aliphatic carbocycles. The lowest BCUT2D eigenvalue weighted by molar-refractivity contribution is 0.733. The maximum absolute atomic E-state index is 7.09. The summed E-state index contributed by atoms with van der Waals surface area (Å²) in [6.07, 6.45) is 2.98. The van der Waals surface area contributed by atoms with Crippen molar-refractivity contribution in [3.63, 3.8) is 0 Å². The average Bonchev–Trinajstić information content (AvgIpc) is 2.32. The van der Waals surface area contributed by atoms with Gasteiger partial charge in [0.15, 0.2) is 0 Å². The standard InChI is InChI=1S/C7H13N3/c1-3-4-7-6(8)5-10(2)9-7/h5H,3-4,8H2,1-2H3/i2D3. The zero-order valence-corrected chi connectivity index (χ0v) is 5.96. The van der Waals surface area contributed by atoms with Crippen molar-refractivity contribution in [2.75, 3.05) is 5.73 Å². The summed E-state index contributed by atoms with van der Waals surface area (Å²) in [6, 6.07) is 0. The Labute approximate surface area is 65.1 Å². The van der Waals surface area contributed by atoms with Gasteiger partial charge in [0.25, 0.3) is 0 Å². The summed E-state index contributed by atoms with van der Waals surface area (Å²) < 4.78 is 22.2. The number of aromatic nitrogens is 2. The van der Waals surface area contributed by atoms with Gasteiger partial charge in [-0.1, -0.05) is 13.3 Å². The van der Waals surface area contributed by atoms with Crippen molar-refractivity contribution in [1.82, 2.24) is 9.78 Å². The molecule has 0 saturated heterocycles. The summed E-state index contributed by atoms with van der Waals surface area (Å²) in [6.45, 7) is -0.228. The Balaban J connectivity index is 2.95. The molecule has 1 aromatic heterocycles. The molecule has 0 aromatic carbocycles. The first-order valence-electron chi connectivity index (χ1n) is 4.79. The third kappa shape index (κ3) is 1.29. The smallest absolute Gasteiger partial charge is 0.0853 e. The van der Waals surface area contributed by atoms with Gasteiger partial charge in [0.2, 0.25) is 0 Å². The lowest BCUT2D eigenvalue weighted by Gasteiger charge is -1.90. The number of rotatable bonds is 2. The molecule has 0 aliphatic heterocycles. The molecule has 0 atom stereocenters. The molecule has 3 heteroatoms. The Morgan fingerprint density at radius 2 is 2.70 bits per heavy atom. The van der Waals surface area contributed by atoms with Crippen LogP contribution in [0, 0.1) is 0 Å². The van der Waals surface area contributed by atoms with Crippen LogP contribution < -0.4 is 5.73 Å². The largest absolute Gasteiger partial charge is 0.396 e. The molecule has 0 fully saturated rings. The van der Waals surface area contributed by atoms with Crippen LogP contribution in [-0.2, 0) is 13.4 Å². The second-order valence-electron chi connectivity index (χ2n) is 2.23. The lowest BCUT2D eigenvalue weighted by atomic mass is 10.2. The van der Waals surface area contributed by atoms with Crippen molar-refractivity contribution >= 4 is 5.69 Å². The highest BCUT2D eigenvalue weighted by molar-refractivity contribution is 5.40. The first kappa shape index (κ1) is 4.01. The van der Waals surface area contributed by atoms with Crippen LogP contribution >= 0.6 is 0 Å². The van der Waals surface area contributed by atoms with Gasteiger partial charge in [0.1, 0.15) is 0 Å². The number of nitrogens with two attached hydrogens (primary N) is 1. The molecule has 0 aliphatic rings. The number of nitrogen functional groups attached to an aromatic ring is 1. The van der Waals surface area contributed by atoms with Crippen molar-refractivity contribution in [2.45, 2.75) is 19.8 Å². The highest BCUT2D eigenvalue weighted by atomic mass is 15.3. The van der Waals surface area contributed by atoms with Crippen molar-refractivity contribution in [3.8, 4) is 0 Å². The van der Waals surface area contributed by atoms with E-state index in [0.29, 0.717) is 11.4 Å².